The molecule has 2 rings (SSSR count). The van der Waals surface area contributed by atoms with E-state index >= 15 is 0 Å². The Bertz CT molecular complexity index is 563. The van der Waals surface area contributed by atoms with Gasteiger partial charge in [0.2, 0.25) is 0 Å². The summed E-state index contributed by atoms with van der Waals surface area (Å²) in [7, 11) is 1.30. The van der Waals surface area contributed by atoms with Gasteiger partial charge in [0.1, 0.15) is 12.4 Å². The number of benzene rings is 2. The van der Waals surface area contributed by atoms with Crippen molar-refractivity contribution in [3.05, 3.63) is 65.7 Å². The van der Waals surface area contributed by atoms with Crippen LogP contribution in [0.15, 0.2) is 54.6 Å². The molecule has 0 aromatic heterocycles. The highest BCUT2D eigenvalue weighted by Crippen LogP contribution is 2.21. The highest BCUT2D eigenvalue weighted by atomic mass is 16.5. The molecule has 21 heavy (non-hydrogen) atoms. The Hall–Kier alpha value is -2.33. The third kappa shape index (κ3) is 4.61. The highest BCUT2D eigenvalue weighted by Gasteiger charge is 2.13. The second kappa shape index (κ2) is 7.45. The summed E-state index contributed by atoms with van der Waals surface area (Å²) in [6.45, 7) is 0.491. The quantitative estimate of drug-likeness (QED) is 0.830. The molecule has 2 aromatic carbocycles. The van der Waals surface area contributed by atoms with Gasteiger partial charge in [-0.05, 0) is 23.3 Å². The molecule has 2 aromatic rings. The molecule has 1 unspecified atom stereocenters. The van der Waals surface area contributed by atoms with Gasteiger partial charge in [0.05, 0.1) is 19.6 Å². The van der Waals surface area contributed by atoms with Crippen molar-refractivity contribution in [1.82, 2.24) is 0 Å². The van der Waals surface area contributed by atoms with E-state index in [-0.39, 0.29) is 6.42 Å². The lowest BCUT2D eigenvalue weighted by Crippen LogP contribution is -2.08. The number of carbonyl (C=O) groups is 1. The summed E-state index contributed by atoms with van der Waals surface area (Å²) in [6.07, 6.45) is -0.915. The lowest BCUT2D eigenvalue weighted by Gasteiger charge is -2.11. The maximum Gasteiger partial charge on any atom is 0.308 e. The summed E-state index contributed by atoms with van der Waals surface area (Å²) in [4.78, 5) is 11.1. The van der Waals surface area contributed by atoms with Crippen LogP contribution in [0.3, 0.4) is 0 Å². The van der Waals surface area contributed by atoms with Crippen LogP contribution in [0, 0.1) is 0 Å². The van der Waals surface area contributed by atoms with E-state index in [0.29, 0.717) is 17.9 Å². The monoisotopic (exact) mass is 286 g/mol. The third-order valence-corrected chi connectivity index (χ3v) is 3.10. The first-order valence-corrected chi connectivity index (χ1v) is 6.70. The zero-order chi connectivity index (χ0) is 15.1. The van der Waals surface area contributed by atoms with Gasteiger partial charge in [0, 0.05) is 0 Å². The van der Waals surface area contributed by atoms with Gasteiger partial charge in [-0.3, -0.25) is 4.79 Å². The summed E-state index contributed by atoms with van der Waals surface area (Å²) < 4.78 is 10.2. The average molecular weight is 286 g/mol. The van der Waals surface area contributed by atoms with Crippen molar-refractivity contribution < 1.29 is 19.4 Å². The van der Waals surface area contributed by atoms with E-state index in [4.69, 9.17) is 4.74 Å². The van der Waals surface area contributed by atoms with Crippen molar-refractivity contribution in [2.75, 3.05) is 7.11 Å². The maximum absolute atomic E-state index is 11.1. The lowest BCUT2D eigenvalue weighted by atomic mass is 10.1. The highest BCUT2D eigenvalue weighted by molar-refractivity contribution is 5.70. The normalized spacial score (nSPS) is 11.7. The number of methoxy groups -OCH3 is 1. The molecule has 0 radical (unpaired) electrons. The van der Waals surface area contributed by atoms with Crippen LogP contribution in [0.5, 0.6) is 5.75 Å². The fourth-order valence-corrected chi connectivity index (χ4v) is 1.89. The SMILES string of the molecule is COC(=O)CC(O)c1ccc(OCc2ccccc2)cc1. The van der Waals surface area contributed by atoms with Crippen molar-refractivity contribution >= 4 is 5.97 Å². The number of carbonyl (C=O) groups excluding carboxylic acids is 1. The van der Waals surface area contributed by atoms with Gasteiger partial charge in [0.15, 0.2) is 0 Å². The Morgan fingerprint density at radius 2 is 1.76 bits per heavy atom. The molecule has 0 heterocycles. The van der Waals surface area contributed by atoms with Gasteiger partial charge in [-0.25, -0.2) is 0 Å². The molecule has 1 atom stereocenters. The number of rotatable bonds is 6. The van der Waals surface area contributed by atoms with Crippen LogP contribution in [0.1, 0.15) is 23.7 Å². The summed E-state index contributed by atoms with van der Waals surface area (Å²) in [6, 6.07) is 16.9. The van der Waals surface area contributed by atoms with Gasteiger partial charge in [0.25, 0.3) is 0 Å². The molecule has 0 fully saturated rings. The molecule has 0 aliphatic rings. The van der Waals surface area contributed by atoms with E-state index in [9.17, 15) is 9.90 Å². The van der Waals surface area contributed by atoms with Gasteiger partial charge in [-0.1, -0.05) is 42.5 Å². The fraction of sp³-hybridized carbons (Fsp3) is 0.235. The van der Waals surface area contributed by atoms with Crippen LogP contribution >= 0.6 is 0 Å². The fourth-order valence-electron chi connectivity index (χ4n) is 1.89. The first-order chi connectivity index (χ1) is 10.2. The number of aliphatic hydroxyl groups excluding tert-OH is 1. The van der Waals surface area contributed by atoms with Crippen molar-refractivity contribution in [2.45, 2.75) is 19.1 Å². The molecule has 4 nitrogen and oxygen atoms in total. The Morgan fingerprint density at radius 1 is 1.10 bits per heavy atom. The summed E-state index contributed by atoms with van der Waals surface area (Å²) >= 11 is 0. The number of aliphatic hydroxyl groups is 1. The smallest absolute Gasteiger partial charge is 0.308 e. The Labute approximate surface area is 123 Å². The first kappa shape index (κ1) is 15.1. The summed E-state index contributed by atoms with van der Waals surface area (Å²) in [5.41, 5.74) is 1.75. The van der Waals surface area contributed by atoms with Crippen molar-refractivity contribution in [3.63, 3.8) is 0 Å². The molecule has 4 heteroatoms. The molecule has 0 saturated carbocycles. The van der Waals surface area contributed by atoms with Gasteiger partial charge < -0.3 is 14.6 Å². The van der Waals surface area contributed by atoms with Gasteiger partial charge >= 0.3 is 5.97 Å². The number of hydrogen-bond donors (Lipinski definition) is 1. The van der Waals surface area contributed by atoms with Crippen LogP contribution in [-0.2, 0) is 16.1 Å². The van der Waals surface area contributed by atoms with Gasteiger partial charge in [-0.2, -0.15) is 0 Å². The number of hydrogen-bond acceptors (Lipinski definition) is 4. The lowest BCUT2D eigenvalue weighted by molar-refractivity contribution is -0.142. The van der Waals surface area contributed by atoms with Crippen molar-refractivity contribution in [1.29, 1.82) is 0 Å². The molecular formula is C17H18O4. The molecule has 1 N–H and O–H groups in total. The molecule has 0 aliphatic heterocycles. The Kier molecular flexibility index (Phi) is 5.35. The molecule has 0 amide bonds. The van der Waals surface area contributed by atoms with E-state index in [0.717, 1.165) is 5.56 Å². The molecule has 0 aliphatic carbocycles. The third-order valence-electron chi connectivity index (χ3n) is 3.10. The van der Waals surface area contributed by atoms with Crippen LogP contribution in [0.25, 0.3) is 0 Å². The minimum absolute atomic E-state index is 0.0548. The first-order valence-electron chi connectivity index (χ1n) is 6.70. The van der Waals surface area contributed by atoms with E-state index in [1.165, 1.54) is 7.11 Å². The standard InChI is InChI=1S/C17H18O4/c1-20-17(19)11-16(18)14-7-9-15(10-8-14)21-12-13-5-3-2-4-6-13/h2-10,16,18H,11-12H2,1H3. The van der Waals surface area contributed by atoms with Gasteiger partial charge in [-0.15, -0.1) is 0 Å². The topological polar surface area (TPSA) is 55.8 Å². The van der Waals surface area contributed by atoms with Crippen LogP contribution in [-0.4, -0.2) is 18.2 Å². The molecule has 0 saturated heterocycles. The molecule has 0 spiro atoms. The van der Waals surface area contributed by atoms with Crippen LogP contribution in [0.2, 0.25) is 0 Å². The van der Waals surface area contributed by atoms with E-state index in [2.05, 4.69) is 4.74 Å². The summed E-state index contributed by atoms with van der Waals surface area (Å²) in [5, 5.41) is 9.88. The molecule has 0 bridgehead atoms. The second-order valence-corrected chi connectivity index (χ2v) is 4.64. The van der Waals surface area contributed by atoms with Crippen LogP contribution in [0.4, 0.5) is 0 Å². The van der Waals surface area contributed by atoms with Crippen LogP contribution < -0.4 is 4.74 Å². The second-order valence-electron chi connectivity index (χ2n) is 4.64. The summed E-state index contributed by atoms with van der Waals surface area (Å²) in [5.74, 6) is 0.278. The minimum Gasteiger partial charge on any atom is -0.489 e. The molecular weight excluding hydrogens is 268 g/mol. The van der Waals surface area contributed by atoms with E-state index < -0.39 is 12.1 Å². The van der Waals surface area contributed by atoms with E-state index in [1.807, 2.05) is 30.3 Å². The Morgan fingerprint density at radius 3 is 2.38 bits per heavy atom. The zero-order valence-corrected chi connectivity index (χ0v) is 11.9. The minimum atomic E-state index is -0.861. The predicted molar refractivity (Wildman–Crippen MR) is 78.8 cm³/mol. The Balaban J connectivity index is 1.91. The van der Waals surface area contributed by atoms with Crippen molar-refractivity contribution in [2.24, 2.45) is 0 Å². The van der Waals surface area contributed by atoms with Crippen molar-refractivity contribution in [3.8, 4) is 5.75 Å². The average Bonchev–Trinajstić information content (AvgIpc) is 2.54. The maximum atomic E-state index is 11.1. The largest absolute Gasteiger partial charge is 0.489 e. The predicted octanol–water partition coefficient (Wildman–Crippen LogP) is 2.86. The van der Waals surface area contributed by atoms with E-state index in [1.54, 1.807) is 24.3 Å². The molecule has 110 valence electrons. The number of esters is 1. The zero-order valence-electron chi connectivity index (χ0n) is 11.9. The number of ether oxygens (including phenoxy) is 2.